The van der Waals surface area contributed by atoms with E-state index in [2.05, 4.69) is 9.72 Å². The normalized spacial score (nSPS) is 11.6. The molecule has 0 aliphatic carbocycles. The van der Waals surface area contributed by atoms with E-state index in [-0.39, 0.29) is 42.3 Å². The summed E-state index contributed by atoms with van der Waals surface area (Å²) in [5, 5.41) is 0.489. The Morgan fingerprint density at radius 3 is 2.42 bits per heavy atom. The Labute approximate surface area is 206 Å². The molecule has 2 aromatic carbocycles. The van der Waals surface area contributed by atoms with Gasteiger partial charge in [0.25, 0.3) is 5.56 Å². The standard InChI is InChI=1S/C22H18BClF4N4O4/c1-30-19(33)17-18(31(21(30)34)10-9-23-28)29-20(32(17)12-13-5-7-14(24)8-6-13)35-15-3-2-4-16(11-15)36-22(25,26)27/h2-8,11,23H,9-10,12H2,1H3. The molecule has 188 valence electrons. The zero-order valence-corrected chi connectivity index (χ0v) is 19.5. The first-order valence-corrected chi connectivity index (χ1v) is 11.0. The number of benzene rings is 2. The largest absolute Gasteiger partial charge is 0.573 e. The van der Waals surface area contributed by atoms with Gasteiger partial charge in [-0.1, -0.05) is 29.8 Å². The molecule has 0 bridgehead atoms. The second kappa shape index (κ2) is 10.1. The maximum absolute atomic E-state index is 13.1. The van der Waals surface area contributed by atoms with Crippen molar-refractivity contribution in [3.63, 3.8) is 0 Å². The molecule has 0 saturated carbocycles. The molecule has 0 radical (unpaired) electrons. The monoisotopic (exact) mass is 524 g/mol. The van der Waals surface area contributed by atoms with E-state index in [1.165, 1.54) is 23.7 Å². The number of ether oxygens (including phenoxy) is 2. The van der Waals surface area contributed by atoms with Crippen LogP contribution in [0, 0.1) is 0 Å². The summed E-state index contributed by atoms with van der Waals surface area (Å²) in [4.78, 5) is 30.2. The Kier molecular flexibility index (Phi) is 7.11. The number of aromatic nitrogens is 4. The quantitative estimate of drug-likeness (QED) is 0.257. The van der Waals surface area contributed by atoms with Gasteiger partial charge in [0.1, 0.15) is 11.5 Å². The van der Waals surface area contributed by atoms with Crippen molar-refractivity contribution < 1.29 is 27.0 Å². The van der Waals surface area contributed by atoms with Crippen molar-refractivity contribution in [2.24, 2.45) is 7.05 Å². The van der Waals surface area contributed by atoms with Crippen LogP contribution in [-0.4, -0.2) is 32.6 Å². The highest BCUT2D eigenvalue weighted by molar-refractivity contribution is 6.30. The third-order valence-corrected chi connectivity index (χ3v) is 5.46. The van der Waals surface area contributed by atoms with Crippen LogP contribution in [0.3, 0.4) is 0 Å². The van der Waals surface area contributed by atoms with E-state index < -0.39 is 30.9 Å². The van der Waals surface area contributed by atoms with Crippen LogP contribution in [0.4, 0.5) is 17.5 Å². The molecule has 8 nitrogen and oxygen atoms in total. The molecule has 0 spiro atoms. The second-order valence-electron chi connectivity index (χ2n) is 7.74. The van der Waals surface area contributed by atoms with E-state index in [0.29, 0.717) is 10.6 Å². The van der Waals surface area contributed by atoms with E-state index in [0.717, 1.165) is 21.3 Å². The molecular formula is C22H18BClF4N4O4. The van der Waals surface area contributed by atoms with E-state index in [4.69, 9.17) is 16.3 Å². The fraction of sp³-hybridized carbons (Fsp3) is 0.227. The van der Waals surface area contributed by atoms with Crippen molar-refractivity contribution >= 4 is 30.3 Å². The van der Waals surface area contributed by atoms with E-state index >= 15 is 0 Å². The molecule has 0 unspecified atom stereocenters. The van der Waals surface area contributed by atoms with Gasteiger partial charge in [-0.3, -0.25) is 18.5 Å². The van der Waals surface area contributed by atoms with Gasteiger partial charge in [-0.15, -0.1) is 13.2 Å². The maximum atomic E-state index is 13.1. The van der Waals surface area contributed by atoms with Crippen LogP contribution in [0.15, 0.2) is 58.1 Å². The summed E-state index contributed by atoms with van der Waals surface area (Å²) in [5.74, 6) is -0.574. The number of hydrogen-bond acceptors (Lipinski definition) is 5. The van der Waals surface area contributed by atoms with Crippen molar-refractivity contribution in [2.45, 2.75) is 25.8 Å². The fourth-order valence-corrected chi connectivity index (χ4v) is 3.72. The van der Waals surface area contributed by atoms with Crippen LogP contribution in [0.2, 0.25) is 11.3 Å². The highest BCUT2D eigenvalue weighted by Gasteiger charge is 2.31. The van der Waals surface area contributed by atoms with Crippen LogP contribution in [0.25, 0.3) is 11.2 Å². The first kappa shape index (κ1) is 25.4. The summed E-state index contributed by atoms with van der Waals surface area (Å²) >= 11 is 5.96. The average Bonchev–Trinajstić information content (AvgIpc) is 3.15. The number of aryl methyl sites for hydroxylation is 1. The lowest BCUT2D eigenvalue weighted by Gasteiger charge is -2.12. The van der Waals surface area contributed by atoms with Crippen LogP contribution in [0.5, 0.6) is 17.5 Å². The predicted octanol–water partition coefficient (Wildman–Crippen LogP) is 4.03. The van der Waals surface area contributed by atoms with Gasteiger partial charge >= 0.3 is 25.6 Å². The fourth-order valence-electron chi connectivity index (χ4n) is 3.59. The van der Waals surface area contributed by atoms with Gasteiger partial charge in [0, 0.05) is 24.7 Å². The van der Waals surface area contributed by atoms with Gasteiger partial charge in [0.2, 0.25) is 0 Å². The summed E-state index contributed by atoms with van der Waals surface area (Å²) in [5.41, 5.74) is -0.700. The number of rotatable bonds is 8. The molecule has 2 heterocycles. The highest BCUT2D eigenvalue weighted by Crippen LogP contribution is 2.30. The molecule has 36 heavy (non-hydrogen) atoms. The minimum atomic E-state index is -4.90. The molecule has 0 aliphatic heterocycles. The number of nitrogens with zero attached hydrogens (tertiary/aromatic N) is 4. The minimum Gasteiger partial charge on any atom is -0.425 e. The van der Waals surface area contributed by atoms with E-state index in [9.17, 15) is 27.1 Å². The van der Waals surface area contributed by atoms with E-state index in [1.807, 2.05) is 0 Å². The molecule has 4 aromatic rings. The lowest BCUT2D eigenvalue weighted by Crippen LogP contribution is -2.39. The van der Waals surface area contributed by atoms with Crippen molar-refractivity contribution in [1.29, 1.82) is 0 Å². The molecule has 0 N–H and O–H groups in total. The van der Waals surface area contributed by atoms with Crippen LogP contribution in [-0.2, 0) is 20.1 Å². The predicted molar refractivity (Wildman–Crippen MR) is 126 cm³/mol. The molecule has 2 aromatic heterocycles. The lowest BCUT2D eigenvalue weighted by molar-refractivity contribution is -0.274. The molecule has 4 rings (SSSR count). The Hall–Kier alpha value is -3.74. The molecule has 14 heteroatoms. The first-order chi connectivity index (χ1) is 17.1. The Bertz CT molecular complexity index is 1520. The van der Waals surface area contributed by atoms with Crippen LogP contribution < -0.4 is 20.7 Å². The van der Waals surface area contributed by atoms with Gasteiger partial charge in [-0.2, -0.15) is 4.98 Å². The minimum absolute atomic E-state index is 0.00334. The van der Waals surface area contributed by atoms with Gasteiger partial charge in [0.05, 0.1) is 6.54 Å². The topological polar surface area (TPSA) is 80.3 Å². The molecular weight excluding hydrogens is 507 g/mol. The third kappa shape index (κ3) is 5.40. The van der Waals surface area contributed by atoms with E-state index in [1.54, 1.807) is 24.3 Å². The number of alkyl halides is 3. The highest BCUT2D eigenvalue weighted by atomic mass is 35.5. The molecule has 0 aliphatic rings. The van der Waals surface area contributed by atoms with Crippen molar-refractivity contribution in [1.82, 2.24) is 18.7 Å². The molecule has 0 saturated heterocycles. The van der Waals surface area contributed by atoms with Crippen molar-refractivity contribution in [2.75, 3.05) is 0 Å². The Morgan fingerprint density at radius 1 is 1.06 bits per heavy atom. The number of fused-ring (bicyclic) bond motifs is 1. The molecule has 0 atom stereocenters. The number of halogens is 5. The summed E-state index contributed by atoms with van der Waals surface area (Å²) in [6.45, 7) is 0.00452. The summed E-state index contributed by atoms with van der Waals surface area (Å²) in [6, 6.07) is 11.3. The molecule has 0 fully saturated rings. The first-order valence-electron chi connectivity index (χ1n) is 10.6. The molecule has 0 amide bonds. The number of imidazole rings is 1. The van der Waals surface area contributed by atoms with Crippen molar-refractivity contribution in [3.05, 3.63) is 80.0 Å². The summed E-state index contributed by atoms with van der Waals surface area (Å²) in [6.07, 6.45) is -4.90. The van der Waals surface area contributed by atoms with Gasteiger partial charge in [0.15, 0.2) is 11.2 Å². The smallest absolute Gasteiger partial charge is 0.425 e. The third-order valence-electron chi connectivity index (χ3n) is 5.21. The van der Waals surface area contributed by atoms with Gasteiger partial charge in [-0.05, 0) is 36.1 Å². The second-order valence-corrected chi connectivity index (χ2v) is 8.18. The zero-order chi connectivity index (χ0) is 26.0. The maximum Gasteiger partial charge on any atom is 0.573 e. The van der Waals surface area contributed by atoms with Crippen LogP contribution in [0.1, 0.15) is 5.56 Å². The van der Waals surface area contributed by atoms with Gasteiger partial charge < -0.3 is 13.8 Å². The lowest BCUT2D eigenvalue weighted by atomic mass is 10.00. The SMILES string of the molecule is Cn1c(=O)c2c(nc(Oc3cccc(OC(F)(F)F)c3)n2Cc2ccc(Cl)cc2)n(CCBF)c1=O. The summed E-state index contributed by atoms with van der Waals surface area (Å²) < 4.78 is 64.0. The number of hydrogen-bond donors (Lipinski definition) is 0. The average molecular weight is 525 g/mol. The Morgan fingerprint density at radius 2 is 1.75 bits per heavy atom. The zero-order valence-electron chi connectivity index (χ0n) is 18.8. The Balaban J connectivity index is 1.88. The summed E-state index contributed by atoms with van der Waals surface area (Å²) in [7, 11) is 0.589. The van der Waals surface area contributed by atoms with Crippen molar-refractivity contribution in [3.8, 4) is 17.5 Å². The van der Waals surface area contributed by atoms with Crippen LogP contribution >= 0.6 is 11.6 Å². The van der Waals surface area contributed by atoms with Gasteiger partial charge in [-0.25, -0.2) is 4.79 Å².